The molecule has 1 aromatic rings. The first kappa shape index (κ1) is 15.5. The molecule has 0 unspecified atom stereocenters. The summed E-state index contributed by atoms with van der Waals surface area (Å²) in [5.41, 5.74) is 1.93. The van der Waals surface area contributed by atoms with Gasteiger partial charge in [-0.2, -0.15) is 0 Å². The molecule has 0 spiro atoms. The fourth-order valence-corrected chi connectivity index (χ4v) is 2.28. The number of amides is 1. The number of nitrogens with one attached hydrogen (secondary N) is 2. The number of anilines is 2. The van der Waals surface area contributed by atoms with E-state index in [4.69, 9.17) is 4.74 Å². The molecule has 21 heavy (non-hydrogen) atoms. The number of hydrogen-bond acceptors (Lipinski definition) is 4. The number of para-hydroxylation sites is 2. The van der Waals surface area contributed by atoms with Crippen LogP contribution in [0.2, 0.25) is 0 Å². The van der Waals surface area contributed by atoms with Gasteiger partial charge in [-0.25, -0.2) is 0 Å². The zero-order valence-corrected chi connectivity index (χ0v) is 12.3. The van der Waals surface area contributed by atoms with E-state index in [1.807, 2.05) is 24.3 Å². The molecular weight excluding hydrogens is 266 g/mol. The number of morpholine rings is 1. The van der Waals surface area contributed by atoms with E-state index in [2.05, 4.69) is 22.1 Å². The third kappa shape index (κ3) is 4.88. The standard InChI is InChI=1S/C16H23N3O2/c1-2-8-17-9-7-16(20)18-14-5-3-4-6-15(14)19-10-12-21-13-11-19/h2-6,17H,1,7-13H2,(H,18,20). The van der Waals surface area contributed by atoms with Crippen molar-refractivity contribution in [3.8, 4) is 0 Å². The van der Waals surface area contributed by atoms with Crippen molar-refractivity contribution in [2.45, 2.75) is 6.42 Å². The van der Waals surface area contributed by atoms with E-state index in [9.17, 15) is 4.79 Å². The van der Waals surface area contributed by atoms with Crippen LogP contribution in [0.5, 0.6) is 0 Å². The number of nitrogens with zero attached hydrogens (tertiary/aromatic N) is 1. The molecule has 1 heterocycles. The molecule has 5 nitrogen and oxygen atoms in total. The van der Waals surface area contributed by atoms with E-state index < -0.39 is 0 Å². The van der Waals surface area contributed by atoms with Gasteiger partial charge < -0.3 is 20.3 Å². The van der Waals surface area contributed by atoms with E-state index >= 15 is 0 Å². The average molecular weight is 289 g/mol. The SMILES string of the molecule is C=CCNCCC(=O)Nc1ccccc1N1CCOCC1. The van der Waals surface area contributed by atoms with Crippen LogP contribution in [-0.4, -0.2) is 45.3 Å². The molecular formula is C16H23N3O2. The molecule has 1 aliphatic rings. The Balaban J connectivity index is 1.92. The lowest BCUT2D eigenvalue weighted by Gasteiger charge is -2.30. The smallest absolute Gasteiger partial charge is 0.225 e. The number of ether oxygens (including phenoxy) is 1. The highest BCUT2D eigenvalue weighted by atomic mass is 16.5. The van der Waals surface area contributed by atoms with Crippen LogP contribution < -0.4 is 15.5 Å². The lowest BCUT2D eigenvalue weighted by Crippen LogP contribution is -2.36. The minimum atomic E-state index is 0.0206. The van der Waals surface area contributed by atoms with Crippen molar-refractivity contribution in [2.75, 3.05) is 49.6 Å². The van der Waals surface area contributed by atoms with Crippen LogP contribution in [0, 0.1) is 0 Å². The van der Waals surface area contributed by atoms with Gasteiger partial charge in [0.05, 0.1) is 24.6 Å². The summed E-state index contributed by atoms with van der Waals surface area (Å²) in [7, 11) is 0. The third-order valence-corrected chi connectivity index (χ3v) is 3.35. The number of hydrogen-bond donors (Lipinski definition) is 2. The molecule has 0 aromatic heterocycles. The largest absolute Gasteiger partial charge is 0.378 e. The Hall–Kier alpha value is -1.85. The van der Waals surface area contributed by atoms with Gasteiger partial charge >= 0.3 is 0 Å². The van der Waals surface area contributed by atoms with Crippen LogP contribution in [-0.2, 0) is 9.53 Å². The molecule has 0 aliphatic carbocycles. The summed E-state index contributed by atoms with van der Waals surface area (Å²) >= 11 is 0. The van der Waals surface area contributed by atoms with Gasteiger partial charge in [0.15, 0.2) is 0 Å². The fourth-order valence-electron chi connectivity index (χ4n) is 2.28. The van der Waals surface area contributed by atoms with Gasteiger partial charge in [0.1, 0.15) is 0 Å². The maximum Gasteiger partial charge on any atom is 0.225 e. The van der Waals surface area contributed by atoms with E-state index in [-0.39, 0.29) is 5.91 Å². The van der Waals surface area contributed by atoms with Gasteiger partial charge in [-0.3, -0.25) is 4.79 Å². The molecule has 1 aliphatic heterocycles. The molecule has 1 aromatic carbocycles. The van der Waals surface area contributed by atoms with Crippen LogP contribution >= 0.6 is 0 Å². The van der Waals surface area contributed by atoms with Crippen molar-refractivity contribution in [1.82, 2.24) is 5.32 Å². The number of carbonyl (C=O) groups excluding carboxylic acids is 1. The molecule has 1 amide bonds. The Kier molecular flexibility index (Phi) is 6.24. The number of rotatable bonds is 7. The Labute approximate surface area is 126 Å². The molecule has 114 valence electrons. The first-order chi connectivity index (χ1) is 10.3. The summed E-state index contributed by atoms with van der Waals surface area (Å²) in [5, 5.41) is 6.12. The summed E-state index contributed by atoms with van der Waals surface area (Å²) in [5.74, 6) is 0.0206. The summed E-state index contributed by atoms with van der Waals surface area (Å²) < 4.78 is 5.37. The molecule has 2 rings (SSSR count). The Morgan fingerprint density at radius 1 is 1.33 bits per heavy atom. The van der Waals surface area contributed by atoms with Gasteiger partial charge in [-0.15, -0.1) is 6.58 Å². The van der Waals surface area contributed by atoms with Crippen molar-refractivity contribution >= 4 is 17.3 Å². The van der Waals surface area contributed by atoms with Gasteiger partial charge in [0, 0.05) is 32.6 Å². The van der Waals surface area contributed by atoms with Crippen molar-refractivity contribution in [3.05, 3.63) is 36.9 Å². The second-order valence-electron chi connectivity index (χ2n) is 4.91. The van der Waals surface area contributed by atoms with E-state index in [1.54, 1.807) is 6.08 Å². The summed E-state index contributed by atoms with van der Waals surface area (Å²) in [6, 6.07) is 7.92. The summed E-state index contributed by atoms with van der Waals surface area (Å²) in [6.07, 6.45) is 2.23. The van der Waals surface area contributed by atoms with E-state index in [0.29, 0.717) is 13.0 Å². The quantitative estimate of drug-likeness (QED) is 0.592. The highest BCUT2D eigenvalue weighted by Crippen LogP contribution is 2.26. The first-order valence-electron chi connectivity index (χ1n) is 7.34. The Bertz CT molecular complexity index is 470. The topological polar surface area (TPSA) is 53.6 Å². The molecule has 0 radical (unpaired) electrons. The predicted octanol–water partition coefficient (Wildman–Crippen LogP) is 1.63. The van der Waals surface area contributed by atoms with Crippen molar-refractivity contribution in [1.29, 1.82) is 0 Å². The molecule has 1 fully saturated rings. The monoisotopic (exact) mass is 289 g/mol. The fraction of sp³-hybridized carbons (Fsp3) is 0.438. The highest BCUT2D eigenvalue weighted by molar-refractivity contribution is 5.94. The van der Waals surface area contributed by atoms with Crippen molar-refractivity contribution in [3.63, 3.8) is 0 Å². The van der Waals surface area contributed by atoms with Gasteiger partial charge in [0.2, 0.25) is 5.91 Å². The predicted molar refractivity (Wildman–Crippen MR) is 85.8 cm³/mol. The van der Waals surface area contributed by atoms with E-state index in [1.165, 1.54) is 0 Å². The van der Waals surface area contributed by atoms with Crippen LogP contribution in [0.15, 0.2) is 36.9 Å². The number of benzene rings is 1. The van der Waals surface area contributed by atoms with Gasteiger partial charge in [0.25, 0.3) is 0 Å². The van der Waals surface area contributed by atoms with Gasteiger partial charge in [-0.05, 0) is 12.1 Å². The molecule has 0 saturated carbocycles. The van der Waals surface area contributed by atoms with Gasteiger partial charge in [-0.1, -0.05) is 18.2 Å². The zero-order chi connectivity index (χ0) is 14.9. The van der Waals surface area contributed by atoms with Crippen molar-refractivity contribution < 1.29 is 9.53 Å². The maximum absolute atomic E-state index is 12.0. The normalized spacial score (nSPS) is 14.8. The Morgan fingerprint density at radius 3 is 2.86 bits per heavy atom. The van der Waals surface area contributed by atoms with Crippen LogP contribution in [0.3, 0.4) is 0 Å². The van der Waals surface area contributed by atoms with Crippen LogP contribution in [0.1, 0.15) is 6.42 Å². The first-order valence-corrected chi connectivity index (χ1v) is 7.34. The Morgan fingerprint density at radius 2 is 2.10 bits per heavy atom. The summed E-state index contributed by atoms with van der Waals surface area (Å²) in [4.78, 5) is 14.2. The lowest BCUT2D eigenvalue weighted by molar-refractivity contribution is -0.116. The molecule has 5 heteroatoms. The second-order valence-corrected chi connectivity index (χ2v) is 4.91. The second kappa shape index (κ2) is 8.44. The molecule has 0 bridgehead atoms. The minimum absolute atomic E-state index is 0.0206. The van der Waals surface area contributed by atoms with E-state index in [0.717, 1.165) is 44.2 Å². The zero-order valence-electron chi connectivity index (χ0n) is 12.3. The van der Waals surface area contributed by atoms with Crippen molar-refractivity contribution in [2.24, 2.45) is 0 Å². The number of carbonyl (C=O) groups is 1. The maximum atomic E-state index is 12.0. The molecule has 1 saturated heterocycles. The summed E-state index contributed by atoms with van der Waals surface area (Å²) in [6.45, 7) is 8.17. The van der Waals surface area contributed by atoms with Crippen LogP contribution in [0.25, 0.3) is 0 Å². The average Bonchev–Trinajstić information content (AvgIpc) is 2.53. The molecule has 2 N–H and O–H groups in total. The lowest BCUT2D eigenvalue weighted by atomic mass is 10.2. The van der Waals surface area contributed by atoms with Crippen LogP contribution in [0.4, 0.5) is 11.4 Å². The highest BCUT2D eigenvalue weighted by Gasteiger charge is 2.15. The molecule has 0 atom stereocenters. The third-order valence-electron chi connectivity index (χ3n) is 3.35. The minimum Gasteiger partial charge on any atom is -0.378 e.